The lowest BCUT2D eigenvalue weighted by Gasteiger charge is -2.38. The number of ether oxygens (including phenoxy) is 1. The molecule has 2 aromatic carbocycles. The van der Waals surface area contributed by atoms with Gasteiger partial charge in [-0.3, -0.25) is 0 Å². The van der Waals surface area contributed by atoms with Crippen LogP contribution in [0, 0.1) is 17.1 Å². The van der Waals surface area contributed by atoms with Crippen molar-refractivity contribution < 1.29 is 9.13 Å². The van der Waals surface area contributed by atoms with Crippen LogP contribution in [0.5, 0.6) is 5.75 Å². The summed E-state index contributed by atoms with van der Waals surface area (Å²) in [6.45, 7) is 3.98. The van der Waals surface area contributed by atoms with Gasteiger partial charge in [0.05, 0.1) is 17.7 Å². The predicted molar refractivity (Wildman–Crippen MR) is 99.0 cm³/mol. The number of nitriles is 1. The minimum Gasteiger partial charge on any atom is -0.487 e. The third-order valence-electron chi connectivity index (χ3n) is 4.01. The van der Waals surface area contributed by atoms with Crippen LogP contribution in [0.3, 0.4) is 0 Å². The van der Waals surface area contributed by atoms with Gasteiger partial charge in [0.15, 0.2) is 5.11 Å². The number of hydrogen-bond acceptors (Lipinski definition) is 3. The van der Waals surface area contributed by atoms with Crippen molar-refractivity contribution in [3.63, 3.8) is 0 Å². The van der Waals surface area contributed by atoms with Crippen LogP contribution < -0.4 is 15.4 Å². The fourth-order valence-corrected chi connectivity index (χ4v) is 3.17. The van der Waals surface area contributed by atoms with Gasteiger partial charge in [-0.05, 0) is 68.5 Å². The van der Waals surface area contributed by atoms with Gasteiger partial charge in [-0.1, -0.05) is 0 Å². The molecule has 0 spiro atoms. The summed E-state index contributed by atoms with van der Waals surface area (Å²) in [5, 5.41) is 15.6. The van der Waals surface area contributed by atoms with Crippen LogP contribution >= 0.6 is 12.2 Å². The Kier molecular flexibility index (Phi) is 4.60. The van der Waals surface area contributed by atoms with E-state index < -0.39 is 0 Å². The van der Waals surface area contributed by atoms with Crippen LogP contribution in [-0.2, 0) is 0 Å². The molecule has 1 heterocycles. The second-order valence-corrected chi connectivity index (χ2v) is 7.00. The maximum atomic E-state index is 13.7. The first-order chi connectivity index (χ1) is 11.9. The van der Waals surface area contributed by atoms with Gasteiger partial charge in [0.2, 0.25) is 0 Å². The molecule has 1 atom stereocenters. The number of halogens is 1. The van der Waals surface area contributed by atoms with Gasteiger partial charge >= 0.3 is 0 Å². The highest BCUT2D eigenvalue weighted by molar-refractivity contribution is 7.80. The predicted octanol–water partition coefficient (Wildman–Crippen LogP) is 4.29. The lowest BCUT2D eigenvalue weighted by atomic mass is 9.90. The molecule has 0 saturated heterocycles. The van der Waals surface area contributed by atoms with E-state index in [-0.39, 0.29) is 17.5 Å². The van der Waals surface area contributed by atoms with E-state index in [9.17, 15) is 4.39 Å². The molecule has 4 nitrogen and oxygen atoms in total. The van der Waals surface area contributed by atoms with Crippen molar-refractivity contribution in [2.75, 3.05) is 5.32 Å². The van der Waals surface area contributed by atoms with Crippen LogP contribution in [-0.4, -0.2) is 10.7 Å². The van der Waals surface area contributed by atoms with Crippen molar-refractivity contribution in [2.24, 2.45) is 0 Å². The second kappa shape index (κ2) is 6.69. The molecular formula is C19H18FN3OS. The molecule has 0 amide bonds. The highest BCUT2D eigenvalue weighted by atomic mass is 32.1. The van der Waals surface area contributed by atoms with Crippen molar-refractivity contribution in [2.45, 2.75) is 31.9 Å². The molecule has 1 aliphatic heterocycles. The lowest BCUT2D eigenvalue weighted by molar-refractivity contribution is 0.0694. The van der Waals surface area contributed by atoms with Gasteiger partial charge in [0.1, 0.15) is 17.2 Å². The monoisotopic (exact) mass is 355 g/mol. The molecule has 0 radical (unpaired) electrons. The minimum absolute atomic E-state index is 0.159. The van der Waals surface area contributed by atoms with Gasteiger partial charge in [0, 0.05) is 17.7 Å². The van der Waals surface area contributed by atoms with Crippen LogP contribution in [0.2, 0.25) is 0 Å². The molecule has 0 aliphatic carbocycles. The van der Waals surface area contributed by atoms with Crippen molar-refractivity contribution in [3.8, 4) is 11.8 Å². The number of benzene rings is 2. The van der Waals surface area contributed by atoms with Crippen molar-refractivity contribution in [1.29, 1.82) is 5.26 Å². The molecule has 0 saturated carbocycles. The highest BCUT2D eigenvalue weighted by Gasteiger charge is 2.34. The molecule has 128 valence electrons. The molecular weight excluding hydrogens is 337 g/mol. The van der Waals surface area contributed by atoms with E-state index in [2.05, 4.69) is 16.7 Å². The fraction of sp³-hybridized carbons (Fsp3) is 0.263. The first-order valence-electron chi connectivity index (χ1n) is 7.92. The second-order valence-electron chi connectivity index (χ2n) is 6.59. The molecule has 1 aliphatic rings. The summed E-state index contributed by atoms with van der Waals surface area (Å²) in [6, 6.07) is 13.4. The highest BCUT2D eigenvalue weighted by Crippen LogP contribution is 2.39. The number of fused-ring (bicyclic) bond motifs is 1. The molecule has 2 N–H and O–H groups in total. The largest absolute Gasteiger partial charge is 0.487 e. The summed E-state index contributed by atoms with van der Waals surface area (Å²) >= 11 is 5.39. The number of hydrogen-bond donors (Lipinski definition) is 2. The van der Waals surface area contributed by atoms with E-state index in [1.807, 2.05) is 13.8 Å². The van der Waals surface area contributed by atoms with Gasteiger partial charge in [-0.15, -0.1) is 0 Å². The van der Waals surface area contributed by atoms with Crippen LogP contribution in [0.4, 0.5) is 10.1 Å². The van der Waals surface area contributed by atoms with E-state index >= 15 is 0 Å². The number of anilines is 1. The van der Waals surface area contributed by atoms with Crippen LogP contribution in [0.15, 0.2) is 42.5 Å². The minimum atomic E-state index is -0.382. The Balaban J connectivity index is 1.76. The zero-order chi connectivity index (χ0) is 18.0. The summed E-state index contributed by atoms with van der Waals surface area (Å²) in [4.78, 5) is 0. The standard InChI is InChI=1S/C19H18FN3OS/c1-19(2)10-16(15-9-13(20)5-8-17(15)24-19)23-18(25)22-14-6-3-12(11-21)4-7-14/h3-9,16H,10H2,1-2H3,(H2,22,23,25)/t16-/m0/s1. The van der Waals surface area contributed by atoms with E-state index in [0.29, 0.717) is 22.8 Å². The maximum Gasteiger partial charge on any atom is 0.171 e. The Bertz CT molecular complexity index is 843. The average molecular weight is 355 g/mol. The lowest BCUT2D eigenvalue weighted by Crippen LogP contribution is -2.42. The maximum absolute atomic E-state index is 13.7. The normalized spacial score (nSPS) is 17.6. The Hall–Kier alpha value is -2.65. The van der Waals surface area contributed by atoms with Crippen molar-refractivity contribution in [1.82, 2.24) is 5.32 Å². The topological polar surface area (TPSA) is 57.1 Å². The molecule has 0 fully saturated rings. The zero-order valence-corrected chi connectivity index (χ0v) is 14.8. The van der Waals surface area contributed by atoms with Gasteiger partial charge in [0.25, 0.3) is 0 Å². The molecule has 0 bridgehead atoms. The third kappa shape index (κ3) is 4.06. The SMILES string of the molecule is CC1(C)C[C@H](NC(=S)Nc2ccc(C#N)cc2)c2cc(F)ccc2O1. The van der Waals surface area contributed by atoms with Gasteiger partial charge < -0.3 is 15.4 Å². The third-order valence-corrected chi connectivity index (χ3v) is 4.23. The molecule has 25 heavy (non-hydrogen) atoms. The summed E-state index contributed by atoms with van der Waals surface area (Å²) in [6.07, 6.45) is 0.651. The van der Waals surface area contributed by atoms with Gasteiger partial charge in [-0.25, -0.2) is 4.39 Å². The van der Waals surface area contributed by atoms with E-state index in [4.69, 9.17) is 22.2 Å². The number of rotatable bonds is 2. The van der Waals surface area contributed by atoms with Gasteiger partial charge in [-0.2, -0.15) is 5.26 Å². The average Bonchev–Trinajstić information content (AvgIpc) is 2.55. The van der Waals surface area contributed by atoms with E-state index in [1.165, 1.54) is 12.1 Å². The molecule has 2 aromatic rings. The zero-order valence-electron chi connectivity index (χ0n) is 14.0. The molecule has 6 heteroatoms. The quantitative estimate of drug-likeness (QED) is 0.787. The Morgan fingerprint density at radius 1 is 1.28 bits per heavy atom. The van der Waals surface area contributed by atoms with Crippen molar-refractivity contribution >= 4 is 23.0 Å². The smallest absolute Gasteiger partial charge is 0.171 e. The first kappa shape index (κ1) is 17.2. The van der Waals surface area contributed by atoms with E-state index in [0.717, 1.165) is 11.3 Å². The molecule has 3 rings (SSSR count). The Morgan fingerprint density at radius 2 is 2.00 bits per heavy atom. The summed E-state index contributed by atoms with van der Waals surface area (Å²) < 4.78 is 19.6. The number of nitrogens with zero attached hydrogens (tertiary/aromatic N) is 1. The summed E-state index contributed by atoms with van der Waals surface area (Å²) in [5.41, 5.74) is 1.73. The fourth-order valence-electron chi connectivity index (χ4n) is 2.91. The van der Waals surface area contributed by atoms with Crippen LogP contribution in [0.1, 0.15) is 37.4 Å². The molecule has 0 aromatic heterocycles. The summed E-state index contributed by atoms with van der Waals surface area (Å²) in [5.74, 6) is 0.358. The number of thiocarbonyl (C=S) groups is 1. The van der Waals surface area contributed by atoms with Crippen LogP contribution in [0.25, 0.3) is 0 Å². The first-order valence-corrected chi connectivity index (χ1v) is 8.33. The number of nitrogens with one attached hydrogen (secondary N) is 2. The Labute approximate surface area is 151 Å². The summed E-state index contributed by atoms with van der Waals surface area (Å²) in [7, 11) is 0. The Morgan fingerprint density at radius 3 is 2.68 bits per heavy atom. The van der Waals surface area contributed by atoms with Crippen molar-refractivity contribution in [3.05, 3.63) is 59.4 Å². The molecule has 0 unspecified atom stereocenters. The van der Waals surface area contributed by atoms with E-state index in [1.54, 1.807) is 30.3 Å².